The topological polar surface area (TPSA) is 44.3 Å². The molecule has 0 bridgehead atoms. The second kappa shape index (κ2) is 4.94. The van der Waals surface area contributed by atoms with Gasteiger partial charge in [-0.1, -0.05) is 6.92 Å². The van der Waals surface area contributed by atoms with Gasteiger partial charge in [0.1, 0.15) is 0 Å². The molecule has 4 atom stereocenters. The summed E-state index contributed by atoms with van der Waals surface area (Å²) in [6.07, 6.45) is 1.56. The highest BCUT2D eigenvalue weighted by molar-refractivity contribution is 4.87. The molecule has 3 heteroatoms. The fraction of sp³-hybridized carbons (Fsp3) is 1.00. The van der Waals surface area contributed by atoms with Gasteiger partial charge in [-0.15, -0.1) is 0 Å². The van der Waals surface area contributed by atoms with Gasteiger partial charge in [0, 0.05) is 24.7 Å². The zero-order valence-corrected chi connectivity index (χ0v) is 8.88. The summed E-state index contributed by atoms with van der Waals surface area (Å²) in [6.45, 7) is 7.36. The summed E-state index contributed by atoms with van der Waals surface area (Å²) in [7, 11) is 0. The molecule has 1 saturated heterocycles. The van der Waals surface area contributed by atoms with E-state index >= 15 is 0 Å². The molecule has 0 radical (unpaired) electrons. The van der Waals surface area contributed by atoms with Crippen LogP contribution in [-0.4, -0.2) is 35.9 Å². The van der Waals surface area contributed by atoms with Gasteiger partial charge in [-0.25, -0.2) is 0 Å². The van der Waals surface area contributed by atoms with E-state index in [9.17, 15) is 5.11 Å². The highest BCUT2D eigenvalue weighted by Gasteiger charge is 2.23. The van der Waals surface area contributed by atoms with Gasteiger partial charge in [0.05, 0.1) is 6.10 Å². The molecule has 3 N–H and O–H groups in total. The van der Waals surface area contributed by atoms with Gasteiger partial charge >= 0.3 is 0 Å². The molecule has 0 saturated carbocycles. The maximum Gasteiger partial charge on any atom is 0.0553 e. The van der Waals surface area contributed by atoms with Gasteiger partial charge in [-0.2, -0.15) is 0 Å². The van der Waals surface area contributed by atoms with E-state index in [0.717, 1.165) is 19.4 Å². The van der Waals surface area contributed by atoms with Crippen molar-refractivity contribution in [2.75, 3.05) is 6.54 Å². The Morgan fingerprint density at radius 1 is 1.38 bits per heavy atom. The smallest absolute Gasteiger partial charge is 0.0553 e. The van der Waals surface area contributed by atoms with Gasteiger partial charge in [0.15, 0.2) is 0 Å². The van der Waals surface area contributed by atoms with Crippen LogP contribution in [0.4, 0.5) is 0 Å². The Kier molecular flexibility index (Phi) is 4.16. The van der Waals surface area contributed by atoms with E-state index in [0.29, 0.717) is 18.1 Å². The molecule has 1 aliphatic heterocycles. The Morgan fingerprint density at radius 3 is 2.62 bits per heavy atom. The normalized spacial score (nSPS) is 37.4. The van der Waals surface area contributed by atoms with Crippen molar-refractivity contribution in [2.24, 2.45) is 0 Å². The minimum absolute atomic E-state index is 0.153. The van der Waals surface area contributed by atoms with Crippen LogP contribution in [0.5, 0.6) is 0 Å². The van der Waals surface area contributed by atoms with Crippen LogP contribution in [0.15, 0.2) is 0 Å². The summed E-state index contributed by atoms with van der Waals surface area (Å²) in [5, 5.41) is 16.4. The number of aliphatic hydroxyl groups is 1. The van der Waals surface area contributed by atoms with Crippen molar-refractivity contribution in [3.63, 3.8) is 0 Å². The van der Waals surface area contributed by atoms with Crippen LogP contribution in [0.3, 0.4) is 0 Å². The van der Waals surface area contributed by atoms with E-state index in [1.54, 1.807) is 0 Å². The molecule has 13 heavy (non-hydrogen) atoms. The predicted octanol–water partition coefficient (Wildman–Crippen LogP) is 0.486. The zero-order chi connectivity index (χ0) is 9.84. The summed E-state index contributed by atoms with van der Waals surface area (Å²) in [5.41, 5.74) is 0. The molecule has 4 unspecified atom stereocenters. The van der Waals surface area contributed by atoms with E-state index in [1.807, 2.05) is 6.92 Å². The minimum Gasteiger partial charge on any atom is -0.393 e. The lowest BCUT2D eigenvalue weighted by molar-refractivity contribution is 0.132. The van der Waals surface area contributed by atoms with E-state index in [1.165, 1.54) is 0 Å². The van der Waals surface area contributed by atoms with Crippen LogP contribution in [-0.2, 0) is 0 Å². The third-order valence-electron chi connectivity index (χ3n) is 2.96. The van der Waals surface area contributed by atoms with Gasteiger partial charge < -0.3 is 15.7 Å². The van der Waals surface area contributed by atoms with Crippen LogP contribution in [0.1, 0.15) is 33.6 Å². The standard InChI is InChI=1S/C10H22N2O/c1-4-10(13)5-9-6-11-7(2)8(3)12-9/h7-13H,4-6H2,1-3H3. The Balaban J connectivity index is 2.29. The molecule has 1 fully saturated rings. The number of aliphatic hydroxyl groups excluding tert-OH is 1. The Hall–Kier alpha value is -0.120. The number of hydrogen-bond acceptors (Lipinski definition) is 3. The summed E-state index contributed by atoms with van der Waals surface area (Å²) in [4.78, 5) is 0. The first kappa shape index (κ1) is 11.0. The van der Waals surface area contributed by atoms with E-state index < -0.39 is 0 Å². The van der Waals surface area contributed by atoms with Crippen LogP contribution in [0.2, 0.25) is 0 Å². The van der Waals surface area contributed by atoms with Crippen LogP contribution < -0.4 is 10.6 Å². The monoisotopic (exact) mass is 186 g/mol. The predicted molar refractivity (Wildman–Crippen MR) is 54.8 cm³/mol. The van der Waals surface area contributed by atoms with Crippen molar-refractivity contribution in [1.29, 1.82) is 0 Å². The largest absolute Gasteiger partial charge is 0.393 e. The average Bonchev–Trinajstić information content (AvgIpc) is 2.11. The summed E-state index contributed by atoms with van der Waals surface area (Å²) < 4.78 is 0. The fourth-order valence-electron chi connectivity index (χ4n) is 1.73. The van der Waals surface area contributed by atoms with Gasteiger partial charge in [-0.05, 0) is 26.7 Å². The molecule has 1 rings (SSSR count). The van der Waals surface area contributed by atoms with Crippen LogP contribution in [0.25, 0.3) is 0 Å². The molecule has 0 aliphatic carbocycles. The van der Waals surface area contributed by atoms with Crippen molar-refractivity contribution < 1.29 is 5.11 Å². The number of piperazine rings is 1. The molecule has 0 aromatic rings. The lowest BCUT2D eigenvalue weighted by Gasteiger charge is -2.35. The number of rotatable bonds is 3. The molecule has 3 nitrogen and oxygen atoms in total. The third-order valence-corrected chi connectivity index (χ3v) is 2.96. The van der Waals surface area contributed by atoms with E-state index in [-0.39, 0.29) is 6.10 Å². The quantitative estimate of drug-likeness (QED) is 0.601. The molecular weight excluding hydrogens is 164 g/mol. The molecule has 0 spiro atoms. The lowest BCUT2D eigenvalue weighted by Crippen LogP contribution is -2.59. The molecular formula is C10H22N2O. The SMILES string of the molecule is CCC(O)CC1CNC(C)C(C)N1. The molecule has 1 aliphatic rings. The highest BCUT2D eigenvalue weighted by atomic mass is 16.3. The van der Waals surface area contributed by atoms with E-state index in [2.05, 4.69) is 24.5 Å². The zero-order valence-electron chi connectivity index (χ0n) is 8.88. The maximum atomic E-state index is 9.49. The minimum atomic E-state index is -0.153. The van der Waals surface area contributed by atoms with Gasteiger partial charge in [0.2, 0.25) is 0 Å². The maximum absolute atomic E-state index is 9.49. The summed E-state index contributed by atoms with van der Waals surface area (Å²) in [5.74, 6) is 0. The van der Waals surface area contributed by atoms with Crippen LogP contribution >= 0.6 is 0 Å². The fourth-order valence-corrected chi connectivity index (χ4v) is 1.73. The Labute approximate surface area is 80.9 Å². The van der Waals surface area contributed by atoms with Crippen molar-refractivity contribution in [3.8, 4) is 0 Å². The Morgan fingerprint density at radius 2 is 2.08 bits per heavy atom. The Bertz CT molecular complexity index is 150. The first-order valence-corrected chi connectivity index (χ1v) is 5.31. The molecule has 1 heterocycles. The molecule has 78 valence electrons. The second-order valence-corrected chi connectivity index (χ2v) is 4.15. The lowest BCUT2D eigenvalue weighted by atomic mass is 10.0. The molecule has 0 aromatic carbocycles. The van der Waals surface area contributed by atoms with Crippen molar-refractivity contribution in [2.45, 2.75) is 57.8 Å². The summed E-state index contributed by atoms with van der Waals surface area (Å²) in [6, 6.07) is 1.47. The van der Waals surface area contributed by atoms with Gasteiger partial charge in [0.25, 0.3) is 0 Å². The van der Waals surface area contributed by atoms with E-state index in [4.69, 9.17) is 0 Å². The van der Waals surface area contributed by atoms with Crippen LogP contribution in [0, 0.1) is 0 Å². The van der Waals surface area contributed by atoms with Crippen molar-refractivity contribution in [3.05, 3.63) is 0 Å². The highest BCUT2D eigenvalue weighted by Crippen LogP contribution is 2.07. The second-order valence-electron chi connectivity index (χ2n) is 4.15. The number of nitrogens with one attached hydrogen (secondary N) is 2. The van der Waals surface area contributed by atoms with Crippen molar-refractivity contribution >= 4 is 0 Å². The first-order chi connectivity index (χ1) is 6.13. The first-order valence-electron chi connectivity index (χ1n) is 5.31. The molecule has 0 aromatic heterocycles. The summed E-state index contributed by atoms with van der Waals surface area (Å²) >= 11 is 0. The van der Waals surface area contributed by atoms with Gasteiger partial charge in [-0.3, -0.25) is 0 Å². The molecule has 0 amide bonds. The van der Waals surface area contributed by atoms with Crippen molar-refractivity contribution in [1.82, 2.24) is 10.6 Å². The number of hydrogen-bond donors (Lipinski definition) is 3. The third kappa shape index (κ3) is 3.25. The average molecular weight is 186 g/mol.